The summed E-state index contributed by atoms with van der Waals surface area (Å²) in [6.45, 7) is 0.310. The average Bonchev–Trinajstić information content (AvgIpc) is 2.62. The highest BCUT2D eigenvalue weighted by molar-refractivity contribution is 6.35. The molecule has 0 saturated carbocycles. The van der Waals surface area contributed by atoms with Gasteiger partial charge in [0.1, 0.15) is 5.75 Å². The van der Waals surface area contributed by atoms with E-state index in [1.54, 1.807) is 60.9 Å². The highest BCUT2D eigenvalue weighted by atomic mass is 35.5. The predicted octanol–water partition coefficient (Wildman–Crippen LogP) is 4.51. The molecule has 0 aliphatic carbocycles. The van der Waals surface area contributed by atoms with Crippen molar-refractivity contribution >= 4 is 29.1 Å². The maximum Gasteiger partial charge on any atom is 0.321 e. The highest BCUT2D eigenvalue weighted by Gasteiger charge is 2.08. The number of nitrogens with one attached hydrogen (secondary N) is 1. The van der Waals surface area contributed by atoms with E-state index in [9.17, 15) is 4.79 Å². The number of halogens is 2. The van der Waals surface area contributed by atoms with E-state index >= 15 is 0 Å². The van der Waals surface area contributed by atoms with Crippen LogP contribution in [0.15, 0.2) is 60.9 Å². The SMILES string of the molecule is O=C(NCc1ccc(Cl)cc1Cl)c1ccc(Oc2ncccn2)cc1. The van der Waals surface area contributed by atoms with Crippen molar-refractivity contribution in [2.75, 3.05) is 0 Å². The first kappa shape index (κ1) is 17.2. The molecule has 0 radical (unpaired) electrons. The molecule has 1 heterocycles. The summed E-state index contributed by atoms with van der Waals surface area (Å²) in [6, 6.07) is 13.8. The van der Waals surface area contributed by atoms with Crippen LogP contribution in [-0.4, -0.2) is 15.9 Å². The minimum atomic E-state index is -0.214. The van der Waals surface area contributed by atoms with E-state index in [1.807, 2.05) is 0 Å². The van der Waals surface area contributed by atoms with Crippen molar-refractivity contribution in [3.63, 3.8) is 0 Å². The van der Waals surface area contributed by atoms with Crippen molar-refractivity contribution in [3.8, 4) is 11.8 Å². The number of rotatable bonds is 5. The zero-order valence-electron chi connectivity index (χ0n) is 12.9. The molecule has 1 amide bonds. The van der Waals surface area contributed by atoms with Gasteiger partial charge in [-0.2, -0.15) is 0 Å². The molecule has 3 aromatic rings. The molecular formula is C18H13Cl2N3O2. The van der Waals surface area contributed by atoms with Crippen LogP contribution in [0.4, 0.5) is 0 Å². The summed E-state index contributed by atoms with van der Waals surface area (Å²) in [5.74, 6) is 0.331. The number of amides is 1. The van der Waals surface area contributed by atoms with Gasteiger partial charge in [0.2, 0.25) is 0 Å². The van der Waals surface area contributed by atoms with E-state index in [0.29, 0.717) is 27.9 Å². The lowest BCUT2D eigenvalue weighted by atomic mass is 10.2. The number of benzene rings is 2. The van der Waals surface area contributed by atoms with Gasteiger partial charge in [-0.3, -0.25) is 4.79 Å². The minimum absolute atomic E-state index is 0.214. The molecule has 25 heavy (non-hydrogen) atoms. The molecule has 0 atom stereocenters. The second-order valence-electron chi connectivity index (χ2n) is 5.08. The van der Waals surface area contributed by atoms with Gasteiger partial charge in [0, 0.05) is 34.5 Å². The van der Waals surface area contributed by atoms with Gasteiger partial charge in [-0.1, -0.05) is 29.3 Å². The third-order valence-corrected chi connectivity index (χ3v) is 3.91. The van der Waals surface area contributed by atoms with Gasteiger partial charge in [0.15, 0.2) is 0 Å². The fourth-order valence-corrected chi connectivity index (χ4v) is 2.54. The van der Waals surface area contributed by atoms with Crippen molar-refractivity contribution in [2.45, 2.75) is 6.54 Å². The molecule has 1 N–H and O–H groups in total. The lowest BCUT2D eigenvalue weighted by Crippen LogP contribution is -2.22. The van der Waals surface area contributed by atoms with Crippen molar-refractivity contribution in [2.24, 2.45) is 0 Å². The number of nitrogens with zero attached hydrogens (tertiary/aromatic N) is 2. The van der Waals surface area contributed by atoms with Crippen LogP contribution in [0.1, 0.15) is 15.9 Å². The maximum absolute atomic E-state index is 12.2. The largest absolute Gasteiger partial charge is 0.424 e. The van der Waals surface area contributed by atoms with Crippen molar-refractivity contribution in [3.05, 3.63) is 82.1 Å². The Morgan fingerprint density at radius 3 is 2.44 bits per heavy atom. The van der Waals surface area contributed by atoms with Gasteiger partial charge in [0.05, 0.1) is 0 Å². The van der Waals surface area contributed by atoms with Gasteiger partial charge in [-0.05, 0) is 48.0 Å². The molecular weight excluding hydrogens is 361 g/mol. The van der Waals surface area contributed by atoms with E-state index in [-0.39, 0.29) is 11.9 Å². The molecule has 0 fully saturated rings. The Kier molecular flexibility index (Phi) is 5.48. The highest BCUT2D eigenvalue weighted by Crippen LogP contribution is 2.21. The van der Waals surface area contributed by atoms with Crippen LogP contribution in [0, 0.1) is 0 Å². The number of aromatic nitrogens is 2. The second-order valence-corrected chi connectivity index (χ2v) is 5.92. The normalized spacial score (nSPS) is 10.3. The van der Waals surface area contributed by atoms with Crippen molar-refractivity contribution in [1.29, 1.82) is 0 Å². The van der Waals surface area contributed by atoms with Crippen molar-refractivity contribution in [1.82, 2.24) is 15.3 Å². The molecule has 0 unspecified atom stereocenters. The van der Waals surface area contributed by atoms with E-state index in [0.717, 1.165) is 5.56 Å². The van der Waals surface area contributed by atoms with Gasteiger partial charge in [0.25, 0.3) is 5.91 Å². The topological polar surface area (TPSA) is 64.1 Å². The lowest BCUT2D eigenvalue weighted by molar-refractivity contribution is 0.0951. The first-order valence-electron chi connectivity index (χ1n) is 7.39. The van der Waals surface area contributed by atoms with Crippen molar-refractivity contribution < 1.29 is 9.53 Å². The number of hydrogen-bond acceptors (Lipinski definition) is 4. The third kappa shape index (κ3) is 4.68. The standard InChI is InChI=1S/C18H13Cl2N3O2/c19-14-5-2-13(16(20)10-14)11-23-17(24)12-3-6-15(7-4-12)25-18-21-8-1-9-22-18/h1-10H,11H2,(H,23,24). The van der Waals surface area contributed by atoms with Crippen LogP contribution in [0.25, 0.3) is 0 Å². The zero-order chi connectivity index (χ0) is 17.6. The van der Waals surface area contributed by atoms with E-state index in [4.69, 9.17) is 27.9 Å². The van der Waals surface area contributed by atoms with Crippen LogP contribution < -0.4 is 10.1 Å². The van der Waals surface area contributed by atoms with E-state index in [1.165, 1.54) is 0 Å². The smallest absolute Gasteiger partial charge is 0.321 e. The Bertz CT molecular complexity index is 871. The van der Waals surface area contributed by atoms with Crippen LogP contribution in [0.2, 0.25) is 10.0 Å². The first-order chi connectivity index (χ1) is 12.1. The Morgan fingerprint density at radius 1 is 1.04 bits per heavy atom. The molecule has 5 nitrogen and oxygen atoms in total. The number of carbonyl (C=O) groups excluding carboxylic acids is 1. The molecule has 7 heteroatoms. The molecule has 0 aliphatic rings. The fourth-order valence-electron chi connectivity index (χ4n) is 2.06. The monoisotopic (exact) mass is 373 g/mol. The quantitative estimate of drug-likeness (QED) is 0.714. The summed E-state index contributed by atoms with van der Waals surface area (Å²) in [6.07, 6.45) is 3.18. The summed E-state index contributed by atoms with van der Waals surface area (Å²) >= 11 is 11.9. The molecule has 0 spiro atoms. The summed E-state index contributed by atoms with van der Waals surface area (Å²) < 4.78 is 5.49. The lowest BCUT2D eigenvalue weighted by Gasteiger charge is -2.08. The van der Waals surface area contributed by atoms with Gasteiger partial charge < -0.3 is 10.1 Å². The van der Waals surface area contributed by atoms with Gasteiger partial charge >= 0.3 is 6.01 Å². The van der Waals surface area contributed by atoms with E-state index in [2.05, 4.69) is 15.3 Å². The molecule has 0 bridgehead atoms. The maximum atomic E-state index is 12.2. The number of hydrogen-bond donors (Lipinski definition) is 1. The summed E-state index contributed by atoms with van der Waals surface area (Å²) in [4.78, 5) is 20.2. The molecule has 0 saturated heterocycles. The van der Waals surface area contributed by atoms with Crippen LogP contribution >= 0.6 is 23.2 Å². The summed E-state index contributed by atoms with van der Waals surface area (Å²) in [5.41, 5.74) is 1.30. The zero-order valence-corrected chi connectivity index (χ0v) is 14.5. The number of ether oxygens (including phenoxy) is 1. The Labute approximate surface area is 154 Å². The fraction of sp³-hybridized carbons (Fsp3) is 0.0556. The van der Waals surface area contributed by atoms with Gasteiger partial charge in [-0.15, -0.1) is 0 Å². The minimum Gasteiger partial charge on any atom is -0.424 e. The molecule has 3 rings (SSSR count). The van der Waals surface area contributed by atoms with Gasteiger partial charge in [-0.25, -0.2) is 9.97 Å². The molecule has 2 aromatic carbocycles. The van der Waals surface area contributed by atoms with Crippen LogP contribution in [-0.2, 0) is 6.54 Å². The Balaban J connectivity index is 1.60. The number of carbonyl (C=O) groups is 1. The predicted molar refractivity (Wildman–Crippen MR) is 96.2 cm³/mol. The Morgan fingerprint density at radius 2 is 1.76 bits per heavy atom. The Hall–Kier alpha value is -2.63. The molecule has 0 aliphatic heterocycles. The van der Waals surface area contributed by atoms with Crippen LogP contribution in [0.5, 0.6) is 11.8 Å². The summed E-state index contributed by atoms with van der Waals surface area (Å²) in [5, 5.41) is 3.88. The first-order valence-corrected chi connectivity index (χ1v) is 8.14. The molecule has 126 valence electrons. The second kappa shape index (κ2) is 7.96. The van der Waals surface area contributed by atoms with E-state index < -0.39 is 0 Å². The third-order valence-electron chi connectivity index (χ3n) is 3.32. The molecule has 1 aromatic heterocycles. The average molecular weight is 374 g/mol. The van der Waals surface area contributed by atoms with Crippen LogP contribution in [0.3, 0.4) is 0 Å². The summed E-state index contributed by atoms with van der Waals surface area (Å²) in [7, 11) is 0.